The van der Waals surface area contributed by atoms with Gasteiger partial charge in [-0.05, 0) is 37.4 Å². The number of carboxylic acid groups (broad SMARTS) is 1. The average molecular weight is 315 g/mol. The molecule has 0 aromatic heterocycles. The van der Waals surface area contributed by atoms with Gasteiger partial charge in [0, 0.05) is 13.1 Å². The maximum absolute atomic E-state index is 11.4. The van der Waals surface area contributed by atoms with Gasteiger partial charge in [0.05, 0.1) is 18.2 Å². The fourth-order valence-corrected chi connectivity index (χ4v) is 4.57. The van der Waals surface area contributed by atoms with Crippen molar-refractivity contribution < 1.29 is 14.3 Å². The Bertz CT molecular complexity index is 395. The number of hydrogen-bond donors (Lipinski definition) is 2. The van der Waals surface area contributed by atoms with Crippen molar-refractivity contribution in [1.29, 1.82) is 0 Å². The maximum Gasteiger partial charge on any atom is 0.407 e. The lowest BCUT2D eigenvalue weighted by Crippen LogP contribution is -2.66. The fraction of sp³-hybridized carbons (Fsp3) is 0.933. The minimum Gasteiger partial charge on any atom is -0.465 e. The molecule has 0 aromatic rings. The van der Waals surface area contributed by atoms with Crippen molar-refractivity contribution in [3.8, 4) is 0 Å². The molecule has 6 heteroatoms. The average Bonchev–Trinajstić information content (AvgIpc) is 2.36. The zero-order chi connectivity index (χ0) is 15.8. The van der Waals surface area contributed by atoms with Crippen LogP contribution in [0.5, 0.6) is 0 Å². The first-order chi connectivity index (χ1) is 9.63. The van der Waals surface area contributed by atoms with E-state index in [0.29, 0.717) is 6.54 Å². The monoisotopic (exact) mass is 314 g/mol. The van der Waals surface area contributed by atoms with Crippen molar-refractivity contribution in [2.45, 2.75) is 76.4 Å². The van der Waals surface area contributed by atoms with E-state index in [-0.39, 0.29) is 23.2 Å². The van der Waals surface area contributed by atoms with Crippen LogP contribution in [-0.4, -0.2) is 55.7 Å². The summed E-state index contributed by atoms with van der Waals surface area (Å²) in [6.45, 7) is 12.6. The van der Waals surface area contributed by atoms with Crippen molar-refractivity contribution in [1.82, 2.24) is 10.2 Å². The molecule has 1 aliphatic heterocycles. The lowest BCUT2D eigenvalue weighted by molar-refractivity contribution is 0.0136. The quantitative estimate of drug-likeness (QED) is 0.769. The van der Waals surface area contributed by atoms with Gasteiger partial charge in [-0.2, -0.15) is 0 Å². The highest BCUT2D eigenvalue weighted by molar-refractivity contribution is 6.74. The molecule has 1 amide bonds. The molecule has 1 saturated heterocycles. The summed E-state index contributed by atoms with van der Waals surface area (Å²) in [5.74, 6) is 0. The number of piperazine rings is 1. The molecule has 3 unspecified atom stereocenters. The van der Waals surface area contributed by atoms with E-state index in [9.17, 15) is 9.90 Å². The summed E-state index contributed by atoms with van der Waals surface area (Å²) in [4.78, 5) is 13.0. The van der Waals surface area contributed by atoms with Crippen LogP contribution in [0.4, 0.5) is 4.79 Å². The number of carbonyl (C=O) groups is 1. The third-order valence-corrected chi connectivity index (χ3v) is 9.94. The summed E-state index contributed by atoms with van der Waals surface area (Å²) >= 11 is 0. The SMILES string of the molecule is CC(C)(C)[Si](C)(C)OC1CCCC2C1NCCN2C(=O)O. The third kappa shape index (κ3) is 3.43. The number of nitrogens with one attached hydrogen (secondary N) is 1. The standard InChI is InChI=1S/C15H30N2O3Si/c1-15(2,3)21(4,5)20-12-8-6-7-11-13(12)16-9-10-17(11)14(18)19/h11-13,16H,6-10H2,1-5H3,(H,18,19). The van der Waals surface area contributed by atoms with Crippen LogP contribution < -0.4 is 5.32 Å². The van der Waals surface area contributed by atoms with Crippen LogP contribution in [0.2, 0.25) is 18.1 Å². The molecule has 0 radical (unpaired) electrons. The first-order valence-electron chi connectivity index (χ1n) is 8.04. The zero-order valence-electron chi connectivity index (χ0n) is 14.0. The number of amides is 1. The summed E-state index contributed by atoms with van der Waals surface area (Å²) in [6.07, 6.45) is 2.38. The molecule has 1 aliphatic carbocycles. The second-order valence-corrected chi connectivity index (χ2v) is 12.6. The first kappa shape index (κ1) is 16.8. The Kier molecular flexibility index (Phi) is 4.71. The number of rotatable bonds is 2. The molecule has 2 N–H and O–H groups in total. The molecule has 21 heavy (non-hydrogen) atoms. The normalized spacial score (nSPS) is 30.9. The molecule has 0 aromatic carbocycles. The van der Waals surface area contributed by atoms with Gasteiger partial charge in [0.2, 0.25) is 0 Å². The minimum atomic E-state index is -1.82. The topological polar surface area (TPSA) is 61.8 Å². The summed E-state index contributed by atoms with van der Waals surface area (Å²) in [7, 11) is -1.82. The Hall–Kier alpha value is -0.593. The van der Waals surface area contributed by atoms with Crippen LogP contribution in [0.3, 0.4) is 0 Å². The van der Waals surface area contributed by atoms with E-state index in [1.807, 2.05) is 0 Å². The van der Waals surface area contributed by atoms with Crippen molar-refractivity contribution in [3.63, 3.8) is 0 Å². The lowest BCUT2D eigenvalue weighted by atomic mass is 9.85. The molecule has 1 heterocycles. The number of hydrogen-bond acceptors (Lipinski definition) is 3. The molecule has 2 rings (SSSR count). The Morgan fingerprint density at radius 2 is 2.00 bits per heavy atom. The van der Waals surface area contributed by atoms with Gasteiger partial charge in [0.1, 0.15) is 0 Å². The number of nitrogens with zero attached hydrogens (tertiary/aromatic N) is 1. The van der Waals surface area contributed by atoms with Crippen molar-refractivity contribution in [2.75, 3.05) is 13.1 Å². The van der Waals surface area contributed by atoms with E-state index in [1.165, 1.54) is 0 Å². The largest absolute Gasteiger partial charge is 0.465 e. The Balaban J connectivity index is 2.12. The van der Waals surface area contributed by atoms with Crippen LogP contribution in [0.25, 0.3) is 0 Å². The van der Waals surface area contributed by atoms with Gasteiger partial charge in [-0.3, -0.25) is 0 Å². The Morgan fingerprint density at radius 1 is 1.33 bits per heavy atom. The third-order valence-electron chi connectivity index (χ3n) is 5.43. The Labute approximate surface area is 129 Å². The van der Waals surface area contributed by atoms with Gasteiger partial charge >= 0.3 is 6.09 Å². The van der Waals surface area contributed by atoms with Gasteiger partial charge in [0.25, 0.3) is 0 Å². The van der Waals surface area contributed by atoms with E-state index in [4.69, 9.17) is 4.43 Å². The van der Waals surface area contributed by atoms with E-state index in [0.717, 1.165) is 25.8 Å². The molecule has 5 nitrogen and oxygen atoms in total. The summed E-state index contributed by atoms with van der Waals surface area (Å²) in [5, 5.41) is 13.1. The van der Waals surface area contributed by atoms with Gasteiger partial charge in [-0.1, -0.05) is 20.8 Å². The van der Waals surface area contributed by atoms with Gasteiger partial charge in [-0.25, -0.2) is 4.79 Å². The van der Waals surface area contributed by atoms with Crippen LogP contribution in [0, 0.1) is 0 Å². The minimum absolute atomic E-state index is 0.0692. The van der Waals surface area contributed by atoms with E-state index in [2.05, 4.69) is 39.2 Å². The summed E-state index contributed by atoms with van der Waals surface area (Å²) < 4.78 is 6.60. The Morgan fingerprint density at radius 3 is 2.57 bits per heavy atom. The van der Waals surface area contributed by atoms with Crippen LogP contribution in [-0.2, 0) is 4.43 Å². The molecular formula is C15H30N2O3Si. The van der Waals surface area contributed by atoms with Gasteiger partial charge < -0.3 is 19.7 Å². The van der Waals surface area contributed by atoms with Crippen LogP contribution in [0.1, 0.15) is 40.0 Å². The summed E-state index contributed by atoms with van der Waals surface area (Å²) in [5.41, 5.74) is 0. The second-order valence-electron chi connectivity index (χ2n) is 7.87. The molecule has 2 aliphatic rings. The highest BCUT2D eigenvalue weighted by Gasteiger charge is 2.46. The van der Waals surface area contributed by atoms with E-state index >= 15 is 0 Å². The maximum atomic E-state index is 11.4. The molecule has 3 atom stereocenters. The lowest BCUT2D eigenvalue weighted by Gasteiger charge is -2.50. The fourth-order valence-electron chi connectivity index (χ4n) is 3.19. The second kappa shape index (κ2) is 5.89. The van der Waals surface area contributed by atoms with Crippen LogP contribution in [0.15, 0.2) is 0 Å². The predicted octanol–water partition coefficient (Wildman–Crippen LogP) is 2.88. The molecule has 122 valence electrons. The highest BCUT2D eigenvalue weighted by atomic mass is 28.4. The highest BCUT2D eigenvalue weighted by Crippen LogP contribution is 2.39. The molecular weight excluding hydrogens is 284 g/mol. The van der Waals surface area contributed by atoms with E-state index < -0.39 is 14.4 Å². The number of fused-ring (bicyclic) bond motifs is 1. The molecule has 2 fully saturated rings. The van der Waals surface area contributed by atoms with Crippen molar-refractivity contribution in [3.05, 3.63) is 0 Å². The first-order valence-corrected chi connectivity index (χ1v) is 10.9. The van der Waals surface area contributed by atoms with E-state index in [1.54, 1.807) is 4.90 Å². The summed E-state index contributed by atoms with van der Waals surface area (Å²) in [6, 6.07) is 0.220. The van der Waals surface area contributed by atoms with Crippen molar-refractivity contribution >= 4 is 14.4 Å². The van der Waals surface area contributed by atoms with Crippen molar-refractivity contribution in [2.24, 2.45) is 0 Å². The molecule has 1 saturated carbocycles. The van der Waals surface area contributed by atoms with Gasteiger partial charge in [-0.15, -0.1) is 0 Å². The van der Waals surface area contributed by atoms with Crippen LogP contribution >= 0.6 is 0 Å². The zero-order valence-corrected chi connectivity index (χ0v) is 15.0. The van der Waals surface area contributed by atoms with Gasteiger partial charge in [0.15, 0.2) is 8.32 Å². The molecule has 0 bridgehead atoms. The smallest absolute Gasteiger partial charge is 0.407 e. The molecule has 0 spiro atoms. The predicted molar refractivity (Wildman–Crippen MR) is 86.2 cm³/mol.